The summed E-state index contributed by atoms with van der Waals surface area (Å²) >= 11 is 0. The zero-order valence-corrected chi connectivity index (χ0v) is 10.4. The van der Waals surface area contributed by atoms with Gasteiger partial charge in [0.05, 0.1) is 13.2 Å². The maximum atomic E-state index is 11.6. The van der Waals surface area contributed by atoms with Crippen molar-refractivity contribution in [2.75, 3.05) is 7.11 Å². The first-order chi connectivity index (χ1) is 8.63. The molecule has 0 aliphatic carbocycles. The number of carbonyl (C=O) groups is 2. The molecule has 1 atom stereocenters. The molecule has 1 aromatic carbocycles. The number of ether oxygens (including phenoxy) is 1. The van der Waals surface area contributed by atoms with Crippen molar-refractivity contribution < 1.29 is 14.3 Å². The molecule has 5 nitrogen and oxygen atoms in total. The maximum absolute atomic E-state index is 11.6. The summed E-state index contributed by atoms with van der Waals surface area (Å²) in [5.74, 6) is -0.621. The van der Waals surface area contributed by atoms with E-state index in [0.717, 1.165) is 5.56 Å². The minimum atomic E-state index is -0.687. The number of methoxy groups -OCH3 is 1. The highest BCUT2D eigenvalue weighted by Gasteiger charge is 2.14. The highest BCUT2D eigenvalue weighted by molar-refractivity contribution is 5.82. The molecule has 18 heavy (non-hydrogen) atoms. The van der Waals surface area contributed by atoms with E-state index in [1.807, 2.05) is 30.3 Å². The second-order valence-corrected chi connectivity index (χ2v) is 3.92. The second kappa shape index (κ2) is 7.45. The fourth-order valence-corrected chi connectivity index (χ4v) is 1.42. The molecule has 0 bridgehead atoms. The van der Waals surface area contributed by atoms with Gasteiger partial charge in [-0.3, -0.25) is 9.59 Å². The number of esters is 1. The van der Waals surface area contributed by atoms with Crippen LogP contribution in [0, 0.1) is 0 Å². The van der Waals surface area contributed by atoms with Gasteiger partial charge in [-0.25, -0.2) is 0 Å². The lowest BCUT2D eigenvalue weighted by molar-refractivity contribution is -0.140. The first kappa shape index (κ1) is 14.2. The second-order valence-electron chi connectivity index (χ2n) is 3.92. The molecule has 1 rings (SSSR count). The van der Waals surface area contributed by atoms with E-state index in [9.17, 15) is 9.59 Å². The predicted octanol–water partition coefficient (Wildman–Crippen LogP) is 0.583. The van der Waals surface area contributed by atoms with Gasteiger partial charge in [0.2, 0.25) is 5.91 Å². The SMILES string of the molecule is COC(=O)CCC(N)C(=O)NCc1ccccc1. The van der Waals surface area contributed by atoms with Gasteiger partial charge < -0.3 is 15.8 Å². The summed E-state index contributed by atoms with van der Waals surface area (Å²) in [7, 11) is 1.31. The van der Waals surface area contributed by atoms with E-state index in [4.69, 9.17) is 5.73 Å². The molecule has 1 aromatic rings. The van der Waals surface area contributed by atoms with Crippen LogP contribution in [-0.4, -0.2) is 25.0 Å². The number of hydrogen-bond donors (Lipinski definition) is 2. The number of nitrogens with two attached hydrogens (primary N) is 1. The van der Waals surface area contributed by atoms with Gasteiger partial charge in [-0.2, -0.15) is 0 Å². The van der Waals surface area contributed by atoms with Gasteiger partial charge in [-0.15, -0.1) is 0 Å². The Morgan fingerprint density at radius 2 is 2.00 bits per heavy atom. The Labute approximate surface area is 106 Å². The third-order valence-electron chi connectivity index (χ3n) is 2.53. The Hall–Kier alpha value is -1.88. The van der Waals surface area contributed by atoms with Crippen LogP contribution in [0.15, 0.2) is 30.3 Å². The van der Waals surface area contributed by atoms with E-state index in [1.54, 1.807) is 0 Å². The van der Waals surface area contributed by atoms with Gasteiger partial charge in [-0.05, 0) is 12.0 Å². The van der Waals surface area contributed by atoms with Crippen LogP contribution >= 0.6 is 0 Å². The number of nitrogens with one attached hydrogen (secondary N) is 1. The average molecular weight is 250 g/mol. The molecule has 0 radical (unpaired) electrons. The topological polar surface area (TPSA) is 81.4 Å². The van der Waals surface area contributed by atoms with Crippen molar-refractivity contribution >= 4 is 11.9 Å². The zero-order valence-electron chi connectivity index (χ0n) is 10.4. The molecule has 3 N–H and O–H groups in total. The lowest BCUT2D eigenvalue weighted by Gasteiger charge is -2.11. The van der Waals surface area contributed by atoms with E-state index in [2.05, 4.69) is 10.1 Å². The van der Waals surface area contributed by atoms with E-state index >= 15 is 0 Å². The lowest BCUT2D eigenvalue weighted by atomic mass is 10.1. The highest BCUT2D eigenvalue weighted by Crippen LogP contribution is 2.00. The quantitative estimate of drug-likeness (QED) is 0.724. The molecular weight excluding hydrogens is 232 g/mol. The molecule has 0 spiro atoms. The van der Waals surface area contributed by atoms with Gasteiger partial charge in [0.25, 0.3) is 0 Å². The monoisotopic (exact) mass is 250 g/mol. The molecule has 0 saturated heterocycles. The third kappa shape index (κ3) is 4.97. The average Bonchev–Trinajstić information content (AvgIpc) is 2.42. The molecule has 1 unspecified atom stereocenters. The van der Waals surface area contributed by atoms with Gasteiger partial charge in [0, 0.05) is 13.0 Å². The molecule has 1 amide bonds. The fraction of sp³-hybridized carbons (Fsp3) is 0.385. The molecule has 0 fully saturated rings. The van der Waals surface area contributed by atoms with Crippen LogP contribution in [0.25, 0.3) is 0 Å². The largest absolute Gasteiger partial charge is 0.469 e. The summed E-state index contributed by atoms with van der Waals surface area (Å²) in [6.07, 6.45) is 0.434. The number of hydrogen-bond acceptors (Lipinski definition) is 4. The van der Waals surface area contributed by atoms with Crippen molar-refractivity contribution in [3.05, 3.63) is 35.9 Å². The maximum Gasteiger partial charge on any atom is 0.305 e. The van der Waals surface area contributed by atoms with Gasteiger partial charge in [0.1, 0.15) is 0 Å². The van der Waals surface area contributed by atoms with Crippen molar-refractivity contribution in [2.45, 2.75) is 25.4 Å². The fourth-order valence-electron chi connectivity index (χ4n) is 1.42. The number of benzene rings is 1. The van der Waals surface area contributed by atoms with Crippen LogP contribution in [-0.2, 0) is 20.9 Å². The number of rotatable bonds is 6. The van der Waals surface area contributed by atoms with E-state index < -0.39 is 6.04 Å². The van der Waals surface area contributed by atoms with E-state index in [1.165, 1.54) is 7.11 Å². The summed E-state index contributed by atoms with van der Waals surface area (Å²) in [6.45, 7) is 0.436. The van der Waals surface area contributed by atoms with E-state index in [-0.39, 0.29) is 24.7 Å². The van der Waals surface area contributed by atoms with E-state index in [0.29, 0.717) is 6.54 Å². The summed E-state index contributed by atoms with van der Waals surface area (Å²) < 4.78 is 4.48. The molecule has 0 aliphatic rings. The number of amides is 1. The summed E-state index contributed by atoms with van der Waals surface area (Å²) in [6, 6.07) is 8.86. The molecule has 98 valence electrons. The normalized spacial score (nSPS) is 11.7. The molecule has 0 saturated carbocycles. The summed E-state index contributed by atoms with van der Waals surface area (Å²) in [5.41, 5.74) is 6.67. The van der Waals surface area contributed by atoms with Crippen LogP contribution in [0.1, 0.15) is 18.4 Å². The number of carbonyl (C=O) groups excluding carboxylic acids is 2. The van der Waals surface area contributed by atoms with Crippen LogP contribution in [0.3, 0.4) is 0 Å². The van der Waals surface area contributed by atoms with Crippen LogP contribution in [0.4, 0.5) is 0 Å². The molecule has 0 aromatic heterocycles. The highest BCUT2D eigenvalue weighted by atomic mass is 16.5. The third-order valence-corrected chi connectivity index (χ3v) is 2.53. The van der Waals surface area contributed by atoms with Gasteiger partial charge in [-0.1, -0.05) is 30.3 Å². The molecule has 0 heterocycles. The Kier molecular flexibility index (Phi) is 5.87. The first-order valence-electron chi connectivity index (χ1n) is 5.77. The van der Waals surface area contributed by atoms with Crippen molar-refractivity contribution in [1.29, 1.82) is 0 Å². The van der Waals surface area contributed by atoms with Crippen molar-refractivity contribution in [3.8, 4) is 0 Å². The van der Waals surface area contributed by atoms with Crippen LogP contribution < -0.4 is 11.1 Å². The van der Waals surface area contributed by atoms with Crippen LogP contribution in [0.2, 0.25) is 0 Å². The molecule has 0 aliphatic heterocycles. The van der Waals surface area contributed by atoms with Crippen molar-refractivity contribution in [3.63, 3.8) is 0 Å². The first-order valence-corrected chi connectivity index (χ1v) is 5.77. The summed E-state index contributed by atoms with van der Waals surface area (Å²) in [4.78, 5) is 22.5. The van der Waals surface area contributed by atoms with Gasteiger partial charge >= 0.3 is 5.97 Å². The minimum absolute atomic E-state index is 0.149. The predicted molar refractivity (Wildman–Crippen MR) is 67.5 cm³/mol. The lowest BCUT2D eigenvalue weighted by Crippen LogP contribution is -2.40. The Balaban J connectivity index is 2.30. The smallest absolute Gasteiger partial charge is 0.305 e. The Bertz CT molecular complexity index is 392. The Morgan fingerprint density at radius 3 is 2.61 bits per heavy atom. The summed E-state index contributed by atoms with van der Waals surface area (Å²) in [5, 5.41) is 2.72. The Morgan fingerprint density at radius 1 is 1.33 bits per heavy atom. The van der Waals surface area contributed by atoms with Crippen LogP contribution in [0.5, 0.6) is 0 Å². The van der Waals surface area contributed by atoms with Crippen molar-refractivity contribution in [2.24, 2.45) is 5.73 Å². The van der Waals surface area contributed by atoms with Crippen molar-refractivity contribution in [1.82, 2.24) is 5.32 Å². The van der Waals surface area contributed by atoms with Gasteiger partial charge in [0.15, 0.2) is 0 Å². The minimum Gasteiger partial charge on any atom is -0.469 e. The molecular formula is C13H18N2O3. The molecule has 5 heteroatoms. The zero-order chi connectivity index (χ0) is 13.4. The standard InChI is InChI=1S/C13H18N2O3/c1-18-12(16)8-7-11(14)13(17)15-9-10-5-3-2-4-6-10/h2-6,11H,7-9,14H2,1H3,(H,15,17).